The van der Waals surface area contributed by atoms with Crippen molar-refractivity contribution in [3.8, 4) is 66.8 Å². The van der Waals surface area contributed by atoms with Crippen LogP contribution in [0.15, 0.2) is 309 Å². The summed E-state index contributed by atoms with van der Waals surface area (Å²) in [7, 11) is 0. The van der Waals surface area contributed by atoms with Crippen LogP contribution >= 0.6 is 0 Å². The van der Waals surface area contributed by atoms with E-state index in [1.165, 1.54) is 55.3 Å². The molecule has 15 aromatic carbocycles. The quantitative estimate of drug-likeness (QED) is 0.141. The van der Waals surface area contributed by atoms with Gasteiger partial charge in [0, 0.05) is 88.1 Å². The van der Waals surface area contributed by atoms with Crippen molar-refractivity contribution in [3.63, 3.8) is 0 Å². The van der Waals surface area contributed by atoms with E-state index in [0.29, 0.717) is 0 Å². The van der Waals surface area contributed by atoms with Gasteiger partial charge >= 0.3 is 0 Å². The smallest absolute Gasteiger partial charge is 0.252 e. The van der Waals surface area contributed by atoms with E-state index in [4.69, 9.17) is 17.7 Å². The summed E-state index contributed by atoms with van der Waals surface area (Å²) >= 11 is 0. The third-order valence-electron chi connectivity index (χ3n) is 25.2. The first kappa shape index (κ1) is 71.9. The van der Waals surface area contributed by atoms with Gasteiger partial charge in [-0.25, -0.2) is 0 Å². The first-order chi connectivity index (χ1) is 56.2. The molecule has 0 radical (unpaired) electrons. The molecule has 0 saturated carbocycles. The summed E-state index contributed by atoms with van der Waals surface area (Å²) in [5.41, 5.74) is 35.2. The molecular weight excluding hydrogens is 1420 g/mol. The molecule has 0 N–H and O–H groups in total. The number of anilines is 6. The Balaban J connectivity index is 0.961. The van der Waals surface area contributed by atoms with Crippen molar-refractivity contribution in [2.45, 2.75) is 131 Å². The maximum absolute atomic E-state index is 6.95. The zero-order valence-electron chi connectivity index (χ0n) is 69.3. The Labute approximate surface area is 684 Å². The van der Waals surface area contributed by atoms with Gasteiger partial charge in [0.05, 0.1) is 11.4 Å². The van der Waals surface area contributed by atoms with Crippen LogP contribution in [0.4, 0.5) is 34.1 Å². The average Bonchev–Trinajstić information content (AvgIpc) is 0.837. The number of nitrogens with zero attached hydrogens (tertiary/aromatic N) is 2. The molecule has 19 aromatic rings. The van der Waals surface area contributed by atoms with Crippen LogP contribution in [0.2, 0.25) is 0 Å². The Bertz CT molecular complexity index is 6620. The maximum atomic E-state index is 6.95. The molecule has 0 atom stereocenters. The predicted octanol–water partition coefficient (Wildman–Crippen LogP) is 29.9. The Morgan fingerprint density at radius 3 is 0.744 bits per heavy atom. The Hall–Kier alpha value is -12.8. The molecule has 4 aromatic heterocycles. The van der Waals surface area contributed by atoms with Gasteiger partial charge in [0.2, 0.25) is 0 Å². The summed E-state index contributed by atoms with van der Waals surface area (Å²) in [5, 5.41) is 8.48. The van der Waals surface area contributed by atoms with E-state index in [-0.39, 0.29) is 28.4 Å². The number of benzene rings is 15. The van der Waals surface area contributed by atoms with E-state index >= 15 is 0 Å². The lowest BCUT2D eigenvalue weighted by atomic mass is 9.33. The third-order valence-corrected chi connectivity index (χ3v) is 25.2. The molecule has 0 bridgehead atoms. The Morgan fingerprint density at radius 2 is 0.462 bits per heavy atom. The maximum Gasteiger partial charge on any atom is 0.252 e. The molecule has 117 heavy (non-hydrogen) atoms. The van der Waals surface area contributed by atoms with Crippen LogP contribution in [0, 0.1) is 0 Å². The molecule has 0 unspecified atom stereocenters. The van der Waals surface area contributed by atoms with Gasteiger partial charge < -0.3 is 27.5 Å². The molecule has 0 amide bonds. The summed E-state index contributed by atoms with van der Waals surface area (Å²) in [5.74, 6) is 0. The van der Waals surface area contributed by atoms with Crippen molar-refractivity contribution in [1.29, 1.82) is 0 Å². The summed E-state index contributed by atoms with van der Waals surface area (Å²) < 4.78 is 27.8. The lowest BCUT2D eigenvalue weighted by Crippen LogP contribution is -2.61. The van der Waals surface area contributed by atoms with Crippen LogP contribution in [0.5, 0.6) is 0 Å². The largest absolute Gasteiger partial charge is 0.456 e. The van der Waals surface area contributed by atoms with Gasteiger partial charge in [-0.2, -0.15) is 0 Å². The Morgan fingerprint density at radius 1 is 0.214 bits per heavy atom. The molecule has 0 aliphatic carbocycles. The topological polar surface area (TPSA) is 59.0 Å². The van der Waals surface area contributed by atoms with Gasteiger partial charge in [-0.05, 0) is 189 Å². The second-order valence-electron chi connectivity index (χ2n) is 37.9. The van der Waals surface area contributed by atoms with Crippen LogP contribution < -0.4 is 26.2 Å². The van der Waals surface area contributed by atoms with Gasteiger partial charge in [-0.3, -0.25) is 0 Å². The zero-order chi connectivity index (χ0) is 80.3. The zero-order valence-corrected chi connectivity index (χ0v) is 69.3. The molecule has 570 valence electrons. The van der Waals surface area contributed by atoms with Crippen molar-refractivity contribution in [2.75, 3.05) is 9.80 Å². The van der Waals surface area contributed by atoms with Crippen molar-refractivity contribution >= 4 is 145 Å². The van der Waals surface area contributed by atoms with E-state index in [0.717, 1.165) is 178 Å². The number of para-hydroxylation sites is 6. The summed E-state index contributed by atoms with van der Waals surface area (Å²) in [6.45, 7) is 35.0. The minimum absolute atomic E-state index is 0.144. The molecule has 7 heteroatoms. The molecule has 0 saturated heterocycles. The van der Waals surface area contributed by atoms with Crippen LogP contribution in [-0.2, 0) is 27.1 Å². The fourth-order valence-corrected chi connectivity index (χ4v) is 19.0. The van der Waals surface area contributed by atoms with Gasteiger partial charge in [-0.1, -0.05) is 322 Å². The summed E-state index contributed by atoms with van der Waals surface area (Å²) in [6, 6.07) is 110. The molecule has 2 aliphatic rings. The number of rotatable bonds is 8. The number of hydrogen-bond acceptors (Lipinski definition) is 6. The lowest BCUT2D eigenvalue weighted by Gasteiger charge is -2.46. The van der Waals surface area contributed by atoms with Crippen LogP contribution in [0.25, 0.3) is 155 Å². The first-order valence-electron chi connectivity index (χ1n) is 41.5. The highest BCUT2D eigenvalue weighted by Gasteiger charge is 2.47. The average molecular weight is 1520 g/mol. The molecule has 21 rings (SSSR count). The monoisotopic (exact) mass is 1520 g/mol. The predicted molar refractivity (Wildman–Crippen MR) is 496 cm³/mol. The van der Waals surface area contributed by atoms with Crippen LogP contribution in [0.1, 0.15) is 132 Å². The highest BCUT2D eigenvalue weighted by Crippen LogP contribution is 2.58. The molecule has 6 heterocycles. The van der Waals surface area contributed by atoms with Gasteiger partial charge in [0.15, 0.2) is 0 Å². The number of hydrogen-bond donors (Lipinski definition) is 0. The van der Waals surface area contributed by atoms with Crippen LogP contribution in [-0.4, -0.2) is 6.71 Å². The fourth-order valence-electron chi connectivity index (χ4n) is 19.0. The summed E-state index contributed by atoms with van der Waals surface area (Å²) in [4.78, 5) is 5.45. The van der Waals surface area contributed by atoms with Crippen molar-refractivity contribution in [2.24, 2.45) is 0 Å². The van der Waals surface area contributed by atoms with Gasteiger partial charge in [0.1, 0.15) is 44.7 Å². The highest BCUT2D eigenvalue weighted by atomic mass is 16.3. The highest BCUT2D eigenvalue weighted by molar-refractivity contribution is 7.00. The standard InChI is InChI=1S/C110H93BN2O4/c1-106(2,3)68-54-66(55-69(60-68)107(4,5)6)64-50-52-85-87(58-64)112(104-77(73-34-26-46-95-99(73)81-30-16-20-42-91(81)114-95)38-24-39-78(104)74-35-27-47-96-100(74)82-31-17-21-43-92(82)115-96)89-62-72(110(13,14)15)63-90-103(89)111(85)86-53-51-65(67-56-70(108(7,8)9)61-71(57-67)109(10,11)12)59-88(86)113(90)105-79(75-36-28-48-97-101(75)83-32-18-22-44-93(83)116-97)40-25-41-80(105)76-37-29-49-98-102(76)84-33-19-23-45-94(84)117-98/h16-63H,1-15H3. The molecule has 0 spiro atoms. The van der Waals surface area contributed by atoms with E-state index in [1.54, 1.807) is 0 Å². The van der Waals surface area contributed by atoms with Gasteiger partial charge in [-0.15, -0.1) is 0 Å². The van der Waals surface area contributed by atoms with Crippen molar-refractivity contribution in [1.82, 2.24) is 0 Å². The van der Waals surface area contributed by atoms with Crippen molar-refractivity contribution < 1.29 is 17.7 Å². The Kier molecular flexibility index (Phi) is 15.9. The molecule has 0 fully saturated rings. The first-order valence-corrected chi connectivity index (χ1v) is 41.5. The number of furan rings is 4. The van der Waals surface area contributed by atoms with E-state index in [9.17, 15) is 0 Å². The number of fused-ring (bicyclic) bond motifs is 16. The second-order valence-corrected chi connectivity index (χ2v) is 37.9. The van der Waals surface area contributed by atoms with E-state index < -0.39 is 5.41 Å². The second kappa shape index (κ2) is 25.8. The lowest BCUT2D eigenvalue weighted by molar-refractivity contribution is 0.568. The third kappa shape index (κ3) is 11.5. The minimum atomic E-state index is -0.425. The van der Waals surface area contributed by atoms with Crippen molar-refractivity contribution in [3.05, 3.63) is 319 Å². The SMILES string of the molecule is CC(C)(C)c1cc(-c2ccc3c(c2)N(c2c(-c4cccc5oc6ccccc6c45)cccc2-c2cccc4oc5ccccc5c24)c2cc(C(C)(C)C)cc4c2B3c2ccc(-c3cc(C(C)(C)C)cc(C(C)(C)C)c3)cc2N4c2c(-c3cccc4oc5ccccc5c34)cccc2-c2cccc3oc4ccccc4c23)cc(C(C)(C)C)c1. The molecular formula is C110H93BN2O4. The van der Waals surface area contributed by atoms with E-state index in [1.807, 2.05) is 0 Å². The normalized spacial score (nSPS) is 13.4. The van der Waals surface area contributed by atoms with Gasteiger partial charge in [0.25, 0.3) is 6.71 Å². The van der Waals surface area contributed by atoms with E-state index in [2.05, 4.69) is 405 Å². The minimum Gasteiger partial charge on any atom is -0.456 e. The molecule has 2 aliphatic heterocycles. The summed E-state index contributed by atoms with van der Waals surface area (Å²) in [6.07, 6.45) is 0. The fraction of sp³-hybridized carbons (Fsp3) is 0.182. The molecule has 6 nitrogen and oxygen atoms in total. The van der Waals surface area contributed by atoms with Crippen LogP contribution in [0.3, 0.4) is 0 Å².